The third-order valence-corrected chi connectivity index (χ3v) is 3.79. The fourth-order valence-electron chi connectivity index (χ4n) is 2.21. The van der Waals surface area contributed by atoms with Crippen LogP contribution in [0.1, 0.15) is 53.0 Å². The molecule has 0 aliphatic carbocycles. The molecule has 0 aliphatic rings. The molecule has 122 valence electrons. The van der Waals surface area contributed by atoms with E-state index >= 15 is 0 Å². The summed E-state index contributed by atoms with van der Waals surface area (Å²) in [5, 5.41) is 12.3. The van der Waals surface area contributed by atoms with Crippen LogP contribution in [0.3, 0.4) is 0 Å². The highest BCUT2D eigenvalue weighted by Gasteiger charge is 2.12. The van der Waals surface area contributed by atoms with E-state index in [1.54, 1.807) is 0 Å². The molecule has 1 aromatic carbocycles. The molecule has 0 saturated carbocycles. The number of anilines is 1. The molecule has 0 amide bonds. The van der Waals surface area contributed by atoms with E-state index in [1.165, 1.54) is 16.7 Å². The number of aliphatic hydroxyl groups excluding tert-OH is 1. The molecule has 0 spiro atoms. The SMILES string of the molecule is C/C(=C\CO)CC/C=C(\C)CNc1ccc(C(C)(C)C)cc1. The van der Waals surface area contributed by atoms with E-state index in [2.05, 4.69) is 70.3 Å². The van der Waals surface area contributed by atoms with Gasteiger partial charge in [0.1, 0.15) is 0 Å². The molecule has 0 radical (unpaired) electrons. The van der Waals surface area contributed by atoms with Gasteiger partial charge in [-0.2, -0.15) is 0 Å². The van der Waals surface area contributed by atoms with Gasteiger partial charge >= 0.3 is 0 Å². The van der Waals surface area contributed by atoms with E-state index in [-0.39, 0.29) is 12.0 Å². The third-order valence-electron chi connectivity index (χ3n) is 3.79. The average molecular weight is 301 g/mol. The maximum Gasteiger partial charge on any atom is 0.0614 e. The summed E-state index contributed by atoms with van der Waals surface area (Å²) >= 11 is 0. The Morgan fingerprint density at radius 3 is 2.23 bits per heavy atom. The number of benzene rings is 1. The van der Waals surface area contributed by atoms with Crippen LogP contribution in [-0.4, -0.2) is 18.3 Å². The highest BCUT2D eigenvalue weighted by atomic mass is 16.2. The molecule has 0 aromatic heterocycles. The summed E-state index contributed by atoms with van der Waals surface area (Å²) in [5.74, 6) is 0. The van der Waals surface area contributed by atoms with Gasteiger partial charge in [-0.05, 0) is 49.8 Å². The molecule has 0 aliphatic heterocycles. The van der Waals surface area contributed by atoms with E-state index in [9.17, 15) is 0 Å². The van der Waals surface area contributed by atoms with E-state index in [4.69, 9.17) is 5.11 Å². The van der Waals surface area contributed by atoms with Gasteiger partial charge in [0, 0.05) is 12.2 Å². The summed E-state index contributed by atoms with van der Waals surface area (Å²) in [5.41, 5.74) is 5.32. The zero-order valence-corrected chi connectivity index (χ0v) is 14.7. The zero-order chi connectivity index (χ0) is 16.6. The Hall–Kier alpha value is -1.54. The zero-order valence-electron chi connectivity index (χ0n) is 14.7. The van der Waals surface area contributed by atoms with Gasteiger partial charge in [-0.3, -0.25) is 0 Å². The fourth-order valence-corrected chi connectivity index (χ4v) is 2.21. The Bertz CT molecular complexity index is 504. The highest BCUT2D eigenvalue weighted by Crippen LogP contribution is 2.23. The lowest BCUT2D eigenvalue weighted by Gasteiger charge is -2.19. The minimum atomic E-state index is 0.140. The smallest absolute Gasteiger partial charge is 0.0614 e. The van der Waals surface area contributed by atoms with Crippen molar-refractivity contribution in [3.8, 4) is 0 Å². The molecular weight excluding hydrogens is 270 g/mol. The predicted octanol–water partition coefficient (Wildman–Crippen LogP) is 5.06. The monoisotopic (exact) mass is 301 g/mol. The maximum absolute atomic E-state index is 8.82. The van der Waals surface area contributed by atoms with Crippen LogP contribution in [0, 0.1) is 0 Å². The largest absolute Gasteiger partial charge is 0.392 e. The van der Waals surface area contributed by atoms with Gasteiger partial charge in [-0.1, -0.05) is 56.2 Å². The Kier molecular flexibility index (Phi) is 7.40. The summed E-state index contributed by atoms with van der Waals surface area (Å²) < 4.78 is 0. The van der Waals surface area contributed by atoms with Gasteiger partial charge in [0.05, 0.1) is 6.61 Å². The van der Waals surface area contributed by atoms with Crippen molar-refractivity contribution in [2.45, 2.75) is 52.9 Å². The van der Waals surface area contributed by atoms with E-state index < -0.39 is 0 Å². The van der Waals surface area contributed by atoms with Crippen molar-refractivity contribution in [3.63, 3.8) is 0 Å². The topological polar surface area (TPSA) is 32.3 Å². The lowest BCUT2D eigenvalue weighted by atomic mass is 9.87. The molecule has 0 fully saturated rings. The summed E-state index contributed by atoms with van der Waals surface area (Å²) in [7, 11) is 0. The van der Waals surface area contributed by atoms with Gasteiger partial charge in [0.2, 0.25) is 0 Å². The Morgan fingerprint density at radius 2 is 1.68 bits per heavy atom. The molecule has 2 N–H and O–H groups in total. The molecule has 22 heavy (non-hydrogen) atoms. The minimum absolute atomic E-state index is 0.140. The van der Waals surface area contributed by atoms with Crippen LogP contribution in [-0.2, 0) is 5.41 Å². The second kappa shape index (κ2) is 8.79. The van der Waals surface area contributed by atoms with Crippen LogP contribution in [0.4, 0.5) is 5.69 Å². The van der Waals surface area contributed by atoms with Crippen LogP contribution >= 0.6 is 0 Å². The lowest BCUT2D eigenvalue weighted by Crippen LogP contribution is -2.11. The van der Waals surface area contributed by atoms with Crippen molar-refractivity contribution in [2.75, 3.05) is 18.5 Å². The Balaban J connectivity index is 2.43. The van der Waals surface area contributed by atoms with Crippen LogP contribution in [0.15, 0.2) is 47.6 Å². The maximum atomic E-state index is 8.82. The lowest BCUT2D eigenvalue weighted by molar-refractivity contribution is 0.341. The summed E-state index contributed by atoms with van der Waals surface area (Å²) in [6.45, 7) is 11.9. The van der Waals surface area contributed by atoms with Crippen LogP contribution in [0.5, 0.6) is 0 Å². The highest BCUT2D eigenvalue weighted by molar-refractivity contribution is 5.46. The molecule has 0 atom stereocenters. The van der Waals surface area contributed by atoms with Crippen molar-refractivity contribution < 1.29 is 5.11 Å². The molecule has 0 unspecified atom stereocenters. The fraction of sp³-hybridized carbons (Fsp3) is 0.500. The summed E-state index contributed by atoms with van der Waals surface area (Å²) in [6, 6.07) is 8.71. The van der Waals surface area contributed by atoms with E-state index in [0.29, 0.717) is 0 Å². The first kappa shape index (κ1) is 18.5. The van der Waals surface area contributed by atoms with Crippen LogP contribution < -0.4 is 5.32 Å². The standard InChI is InChI=1S/C20H31NO/c1-16(13-14-22)7-6-8-17(2)15-21-19-11-9-18(10-12-19)20(3,4)5/h8-13,21-22H,6-7,14-15H2,1-5H3/b16-13+,17-8+. The van der Waals surface area contributed by atoms with Crippen molar-refractivity contribution in [1.29, 1.82) is 0 Å². The first-order valence-corrected chi connectivity index (χ1v) is 8.09. The predicted molar refractivity (Wildman–Crippen MR) is 97.5 cm³/mol. The molecule has 0 heterocycles. The van der Waals surface area contributed by atoms with Gasteiger partial charge < -0.3 is 10.4 Å². The first-order chi connectivity index (χ1) is 10.3. The quantitative estimate of drug-likeness (QED) is 0.690. The molecule has 2 nitrogen and oxygen atoms in total. The number of hydrogen-bond donors (Lipinski definition) is 2. The third kappa shape index (κ3) is 6.95. The second-order valence-electron chi connectivity index (χ2n) is 7.00. The number of nitrogens with one attached hydrogen (secondary N) is 1. The molecule has 2 heteroatoms. The molecule has 0 bridgehead atoms. The first-order valence-electron chi connectivity index (χ1n) is 8.09. The van der Waals surface area contributed by atoms with E-state index in [0.717, 1.165) is 25.1 Å². The number of allylic oxidation sites excluding steroid dienone is 2. The Morgan fingerprint density at radius 1 is 1.05 bits per heavy atom. The van der Waals surface area contributed by atoms with Crippen molar-refractivity contribution in [2.24, 2.45) is 0 Å². The number of hydrogen-bond acceptors (Lipinski definition) is 2. The van der Waals surface area contributed by atoms with Crippen LogP contribution in [0.2, 0.25) is 0 Å². The van der Waals surface area contributed by atoms with Gasteiger partial charge in [-0.15, -0.1) is 0 Å². The van der Waals surface area contributed by atoms with Gasteiger partial charge in [-0.25, -0.2) is 0 Å². The second-order valence-corrected chi connectivity index (χ2v) is 7.00. The average Bonchev–Trinajstić information content (AvgIpc) is 2.45. The van der Waals surface area contributed by atoms with Crippen LogP contribution in [0.25, 0.3) is 0 Å². The molecule has 0 saturated heterocycles. The summed E-state index contributed by atoms with van der Waals surface area (Å²) in [6.07, 6.45) is 6.18. The molecule has 1 aromatic rings. The van der Waals surface area contributed by atoms with Crippen molar-refractivity contribution in [1.82, 2.24) is 0 Å². The molecule has 1 rings (SSSR count). The van der Waals surface area contributed by atoms with Crippen molar-refractivity contribution >= 4 is 5.69 Å². The minimum Gasteiger partial charge on any atom is -0.392 e. The normalized spacial score (nSPS) is 13.4. The number of aliphatic hydroxyl groups is 1. The number of rotatable bonds is 7. The van der Waals surface area contributed by atoms with Gasteiger partial charge in [0.15, 0.2) is 0 Å². The Labute approximate surface area is 136 Å². The van der Waals surface area contributed by atoms with Gasteiger partial charge in [0.25, 0.3) is 0 Å². The molecular formula is C20H31NO. The van der Waals surface area contributed by atoms with E-state index in [1.807, 2.05) is 6.08 Å². The summed E-state index contributed by atoms with van der Waals surface area (Å²) in [4.78, 5) is 0. The van der Waals surface area contributed by atoms with Crippen molar-refractivity contribution in [3.05, 3.63) is 53.1 Å².